The Morgan fingerprint density at radius 1 is 1.53 bits per heavy atom. The van der Waals surface area contributed by atoms with Gasteiger partial charge in [-0.2, -0.15) is 0 Å². The van der Waals surface area contributed by atoms with Crippen LogP contribution in [0, 0.1) is 0 Å². The molecule has 0 spiro atoms. The van der Waals surface area contributed by atoms with Gasteiger partial charge in [-0.05, 0) is 13.0 Å². The number of nitrogen functional groups attached to an aromatic ring is 1. The number of esters is 2. The van der Waals surface area contributed by atoms with Crippen molar-refractivity contribution in [1.82, 2.24) is 0 Å². The first-order valence-electron chi connectivity index (χ1n) is 5.13. The molecule has 17 heavy (non-hydrogen) atoms. The summed E-state index contributed by atoms with van der Waals surface area (Å²) in [6.07, 6.45) is 1.15. The van der Waals surface area contributed by atoms with E-state index < -0.39 is 11.9 Å². The van der Waals surface area contributed by atoms with E-state index in [4.69, 9.17) is 15.2 Å². The summed E-state index contributed by atoms with van der Waals surface area (Å²) < 4.78 is 9.72. The average molecular weight is 233 g/mol. The van der Waals surface area contributed by atoms with Crippen molar-refractivity contribution in [2.45, 2.75) is 6.92 Å². The van der Waals surface area contributed by atoms with E-state index in [9.17, 15) is 9.59 Å². The van der Waals surface area contributed by atoms with E-state index in [1.54, 1.807) is 25.1 Å². The first-order valence-corrected chi connectivity index (χ1v) is 5.13. The molecule has 1 aromatic carbocycles. The van der Waals surface area contributed by atoms with Gasteiger partial charge in [0.25, 0.3) is 0 Å². The number of fused-ring (bicyclic) bond motifs is 1. The number of rotatable bonds is 2. The number of ether oxygens (including phenoxy) is 2. The molecule has 5 heteroatoms. The Bertz CT molecular complexity index is 519. The molecule has 0 amide bonds. The van der Waals surface area contributed by atoms with Crippen LogP contribution in [0.3, 0.4) is 0 Å². The molecule has 0 aliphatic carbocycles. The molecule has 0 saturated carbocycles. The molecule has 0 radical (unpaired) electrons. The first kappa shape index (κ1) is 11.2. The zero-order valence-corrected chi connectivity index (χ0v) is 9.23. The summed E-state index contributed by atoms with van der Waals surface area (Å²) in [4.78, 5) is 22.8. The fourth-order valence-electron chi connectivity index (χ4n) is 1.61. The van der Waals surface area contributed by atoms with E-state index in [-0.39, 0.29) is 12.4 Å². The number of hydrogen-bond donors (Lipinski definition) is 1. The van der Waals surface area contributed by atoms with E-state index >= 15 is 0 Å². The topological polar surface area (TPSA) is 78.6 Å². The lowest BCUT2D eigenvalue weighted by Crippen LogP contribution is -2.01. The Hall–Kier alpha value is -2.30. The monoisotopic (exact) mass is 233 g/mol. The number of carbonyl (C=O) groups is 2. The SMILES string of the molecule is CCOC(=O)C=C1OC(=O)c2c(N)cccc21. The van der Waals surface area contributed by atoms with Gasteiger partial charge >= 0.3 is 11.9 Å². The zero-order valence-electron chi connectivity index (χ0n) is 9.23. The van der Waals surface area contributed by atoms with Crippen molar-refractivity contribution < 1.29 is 19.1 Å². The highest BCUT2D eigenvalue weighted by atomic mass is 16.6. The van der Waals surface area contributed by atoms with Crippen molar-refractivity contribution in [3.63, 3.8) is 0 Å². The second-order valence-corrected chi connectivity index (χ2v) is 3.42. The van der Waals surface area contributed by atoms with Crippen LogP contribution in [0.4, 0.5) is 5.69 Å². The first-order chi connectivity index (χ1) is 8.13. The number of anilines is 1. The molecule has 1 aromatic rings. The van der Waals surface area contributed by atoms with Gasteiger partial charge in [-0.3, -0.25) is 0 Å². The highest BCUT2D eigenvalue weighted by Crippen LogP contribution is 2.32. The highest BCUT2D eigenvalue weighted by Gasteiger charge is 2.29. The molecule has 1 heterocycles. The summed E-state index contributed by atoms with van der Waals surface area (Å²) in [5, 5.41) is 0. The van der Waals surface area contributed by atoms with Crippen molar-refractivity contribution in [2.75, 3.05) is 12.3 Å². The maximum absolute atomic E-state index is 11.5. The molecule has 2 rings (SSSR count). The van der Waals surface area contributed by atoms with Crippen LogP contribution in [0.1, 0.15) is 22.8 Å². The molecule has 0 saturated heterocycles. The van der Waals surface area contributed by atoms with Crippen molar-refractivity contribution in [3.05, 3.63) is 35.4 Å². The summed E-state index contributed by atoms with van der Waals surface area (Å²) >= 11 is 0. The van der Waals surface area contributed by atoms with Gasteiger partial charge in [-0.15, -0.1) is 0 Å². The molecular weight excluding hydrogens is 222 g/mol. The van der Waals surface area contributed by atoms with Crippen LogP contribution in [0.15, 0.2) is 24.3 Å². The smallest absolute Gasteiger partial charge is 0.346 e. The van der Waals surface area contributed by atoms with Crippen molar-refractivity contribution in [3.8, 4) is 0 Å². The third-order valence-electron chi connectivity index (χ3n) is 2.30. The predicted octanol–water partition coefficient (Wildman–Crippen LogP) is 1.34. The third-order valence-corrected chi connectivity index (χ3v) is 2.30. The van der Waals surface area contributed by atoms with Gasteiger partial charge in [0.1, 0.15) is 5.76 Å². The maximum atomic E-state index is 11.5. The van der Waals surface area contributed by atoms with Crippen LogP contribution < -0.4 is 5.73 Å². The van der Waals surface area contributed by atoms with Gasteiger partial charge in [0.05, 0.1) is 18.2 Å². The molecule has 5 nitrogen and oxygen atoms in total. The van der Waals surface area contributed by atoms with Crippen molar-refractivity contribution in [1.29, 1.82) is 0 Å². The van der Waals surface area contributed by atoms with E-state index in [0.717, 1.165) is 6.08 Å². The fraction of sp³-hybridized carbons (Fsp3) is 0.167. The van der Waals surface area contributed by atoms with Gasteiger partial charge in [-0.1, -0.05) is 12.1 Å². The average Bonchev–Trinajstić information content (AvgIpc) is 2.57. The molecule has 0 atom stereocenters. The molecule has 0 fully saturated rings. The molecule has 1 aliphatic heterocycles. The van der Waals surface area contributed by atoms with Crippen LogP contribution in [-0.4, -0.2) is 18.5 Å². The Morgan fingerprint density at radius 3 is 3.00 bits per heavy atom. The van der Waals surface area contributed by atoms with Crippen LogP contribution in [-0.2, 0) is 14.3 Å². The van der Waals surface area contributed by atoms with Gasteiger partial charge in [0, 0.05) is 11.3 Å². The summed E-state index contributed by atoms with van der Waals surface area (Å²) in [6.45, 7) is 1.96. The molecule has 2 N–H and O–H groups in total. The van der Waals surface area contributed by atoms with E-state index in [1.165, 1.54) is 0 Å². The number of hydrogen-bond acceptors (Lipinski definition) is 5. The zero-order chi connectivity index (χ0) is 12.4. The number of benzene rings is 1. The van der Waals surface area contributed by atoms with E-state index in [2.05, 4.69) is 0 Å². The van der Waals surface area contributed by atoms with Gasteiger partial charge in [-0.25, -0.2) is 9.59 Å². The lowest BCUT2D eigenvalue weighted by molar-refractivity contribution is -0.137. The lowest BCUT2D eigenvalue weighted by atomic mass is 10.1. The summed E-state index contributed by atoms with van der Waals surface area (Å²) in [7, 11) is 0. The van der Waals surface area contributed by atoms with Crippen LogP contribution in [0.2, 0.25) is 0 Å². The number of nitrogens with two attached hydrogens (primary N) is 1. The maximum Gasteiger partial charge on any atom is 0.346 e. The minimum atomic E-state index is -0.550. The second kappa shape index (κ2) is 4.29. The molecule has 0 unspecified atom stereocenters. The van der Waals surface area contributed by atoms with E-state index in [0.29, 0.717) is 16.8 Å². The Morgan fingerprint density at radius 2 is 2.29 bits per heavy atom. The van der Waals surface area contributed by atoms with Gasteiger partial charge in [0.2, 0.25) is 0 Å². The normalized spacial score (nSPS) is 15.6. The second-order valence-electron chi connectivity index (χ2n) is 3.42. The van der Waals surface area contributed by atoms with Crippen molar-refractivity contribution >= 4 is 23.4 Å². The van der Waals surface area contributed by atoms with Gasteiger partial charge < -0.3 is 15.2 Å². The minimum Gasteiger partial charge on any atom is -0.463 e. The largest absolute Gasteiger partial charge is 0.463 e. The molecule has 0 aromatic heterocycles. The van der Waals surface area contributed by atoms with Gasteiger partial charge in [0.15, 0.2) is 0 Å². The van der Waals surface area contributed by atoms with Crippen LogP contribution in [0.5, 0.6) is 0 Å². The number of carbonyl (C=O) groups excluding carboxylic acids is 2. The molecule has 0 bridgehead atoms. The lowest BCUT2D eigenvalue weighted by Gasteiger charge is -1.99. The number of cyclic esters (lactones) is 1. The predicted molar refractivity (Wildman–Crippen MR) is 60.9 cm³/mol. The molecular formula is C12H11NO4. The summed E-state index contributed by atoms with van der Waals surface area (Å²) in [6, 6.07) is 4.96. The highest BCUT2D eigenvalue weighted by molar-refractivity contribution is 6.09. The third kappa shape index (κ3) is 1.99. The Balaban J connectivity index is 2.41. The quantitative estimate of drug-likeness (QED) is 0.473. The van der Waals surface area contributed by atoms with E-state index in [1.807, 2.05) is 0 Å². The molecule has 1 aliphatic rings. The minimum absolute atomic E-state index is 0.177. The molecule has 88 valence electrons. The standard InChI is InChI=1S/C12H11NO4/c1-2-16-10(14)6-9-7-4-3-5-8(13)11(7)12(15)17-9/h3-6H,2,13H2,1H3. The fourth-order valence-corrected chi connectivity index (χ4v) is 1.61. The Labute approximate surface area is 97.8 Å². The van der Waals surface area contributed by atoms with Crippen LogP contribution in [0.25, 0.3) is 5.76 Å². The van der Waals surface area contributed by atoms with Crippen molar-refractivity contribution in [2.24, 2.45) is 0 Å². The van der Waals surface area contributed by atoms with Crippen LogP contribution >= 0.6 is 0 Å². The summed E-state index contributed by atoms with van der Waals surface area (Å²) in [5.41, 5.74) is 6.81. The Kier molecular flexibility index (Phi) is 2.82. The summed E-state index contributed by atoms with van der Waals surface area (Å²) in [5.74, 6) is -0.921.